The number of likely N-dealkylation sites (tertiary alicyclic amines) is 2. The molecule has 2 unspecified atom stereocenters. The molecule has 2 saturated heterocycles. The van der Waals surface area contributed by atoms with Gasteiger partial charge in [0, 0.05) is 24.5 Å². The fourth-order valence-corrected chi connectivity index (χ4v) is 11.4. The van der Waals surface area contributed by atoms with Gasteiger partial charge in [-0.15, -0.1) is 0 Å². The Morgan fingerprint density at radius 2 is 1.51 bits per heavy atom. The summed E-state index contributed by atoms with van der Waals surface area (Å²) in [6.45, 7) is 17.4. The van der Waals surface area contributed by atoms with Crippen LogP contribution in [0.25, 0.3) is 0 Å². The normalized spacial score (nSPS) is 29.8. The van der Waals surface area contributed by atoms with Crippen LogP contribution in [0.2, 0.25) is 0 Å². The van der Waals surface area contributed by atoms with Crippen molar-refractivity contribution in [1.82, 2.24) is 31.1 Å². The molecule has 5 amide bonds. The molecule has 0 aromatic carbocycles. The lowest BCUT2D eigenvalue weighted by Gasteiger charge is -2.38. The van der Waals surface area contributed by atoms with Gasteiger partial charge in [-0.1, -0.05) is 80.6 Å². The molecular formula is C43H72N6O6. The standard InChI is InChI=1S/C43H72N6O6/c1-8-15-30(33(50)38(54)44-29-19-20-29)45-36(52)31-24-43(41(6,7)42(43)21-14-22-42)26-49(31)39(55)34(40(3,4)5)47-37(53)32(27-16-11-10-12-17-27)46-35(51)28-18-13-23-48(9-2)25-28/h27-34,50H,8-26H2,1-7H3,(H,44,54)(H,45,52)(H,46,51)(H,47,53)/t28-,30+,31+,32+,33?,34?,43-/m1/s1. The number of rotatable bonds is 14. The maximum atomic E-state index is 15.1. The first-order valence-electron chi connectivity index (χ1n) is 21.9. The van der Waals surface area contributed by atoms with Crippen molar-refractivity contribution in [2.45, 2.75) is 181 Å². The van der Waals surface area contributed by atoms with Crippen LogP contribution < -0.4 is 21.3 Å². The molecule has 5 N–H and O–H groups in total. The Morgan fingerprint density at radius 3 is 2.07 bits per heavy atom. The molecule has 2 heterocycles. The number of hydrogen-bond acceptors (Lipinski definition) is 7. The zero-order valence-electron chi connectivity index (χ0n) is 34.9. The van der Waals surface area contributed by atoms with E-state index in [9.17, 15) is 24.3 Å². The maximum absolute atomic E-state index is 15.1. The highest BCUT2D eigenvalue weighted by Crippen LogP contribution is 2.88. The molecule has 4 saturated carbocycles. The third-order valence-corrected chi connectivity index (χ3v) is 15.3. The average Bonchev–Trinajstić information content (AvgIpc) is 3.96. The van der Waals surface area contributed by atoms with Gasteiger partial charge in [0.25, 0.3) is 5.91 Å². The van der Waals surface area contributed by atoms with Crippen molar-refractivity contribution in [3.05, 3.63) is 0 Å². The minimum atomic E-state index is -1.40. The molecule has 55 heavy (non-hydrogen) atoms. The van der Waals surface area contributed by atoms with Crippen LogP contribution in [-0.2, 0) is 24.0 Å². The topological polar surface area (TPSA) is 160 Å². The summed E-state index contributed by atoms with van der Waals surface area (Å²) in [6.07, 6.45) is 11.7. The van der Waals surface area contributed by atoms with Crippen LogP contribution in [-0.4, -0.2) is 107 Å². The van der Waals surface area contributed by atoms with E-state index in [0.717, 1.165) is 90.1 Å². The van der Waals surface area contributed by atoms with Gasteiger partial charge in [-0.3, -0.25) is 24.0 Å². The third-order valence-electron chi connectivity index (χ3n) is 15.3. The van der Waals surface area contributed by atoms with E-state index in [1.54, 1.807) is 4.90 Å². The summed E-state index contributed by atoms with van der Waals surface area (Å²) in [6, 6.07) is -3.22. The lowest BCUT2D eigenvalue weighted by atomic mass is 9.73. The van der Waals surface area contributed by atoms with Gasteiger partial charge in [-0.2, -0.15) is 0 Å². The van der Waals surface area contributed by atoms with E-state index in [4.69, 9.17) is 0 Å². The van der Waals surface area contributed by atoms with Crippen LogP contribution in [0.4, 0.5) is 0 Å². The first kappa shape index (κ1) is 41.9. The summed E-state index contributed by atoms with van der Waals surface area (Å²) < 4.78 is 0. The van der Waals surface area contributed by atoms with Crippen molar-refractivity contribution in [3.8, 4) is 0 Å². The van der Waals surface area contributed by atoms with Crippen LogP contribution in [0.3, 0.4) is 0 Å². The highest BCUT2D eigenvalue weighted by molar-refractivity contribution is 5.96. The maximum Gasteiger partial charge on any atom is 0.251 e. The Kier molecular flexibility index (Phi) is 12.4. The van der Waals surface area contributed by atoms with Gasteiger partial charge in [0.05, 0.1) is 12.0 Å². The molecule has 7 atom stereocenters. The Hall–Kier alpha value is -2.73. The first-order valence-corrected chi connectivity index (χ1v) is 21.9. The lowest BCUT2D eigenvalue weighted by molar-refractivity contribution is -0.145. The number of piperidine rings is 1. The fraction of sp³-hybridized carbons (Fsp3) is 0.884. The van der Waals surface area contributed by atoms with Crippen molar-refractivity contribution >= 4 is 29.5 Å². The molecular weight excluding hydrogens is 697 g/mol. The molecule has 6 rings (SSSR count). The molecule has 2 aliphatic heterocycles. The van der Waals surface area contributed by atoms with Gasteiger partial charge in [-0.05, 0) is 99.5 Å². The number of nitrogens with zero attached hydrogens (tertiary/aromatic N) is 2. The summed E-state index contributed by atoms with van der Waals surface area (Å²) in [5.41, 5.74) is -0.953. The second-order valence-electron chi connectivity index (χ2n) is 19.9. The lowest BCUT2D eigenvalue weighted by Crippen LogP contribution is -2.62. The highest BCUT2D eigenvalue weighted by Gasteiger charge is 2.85. The quantitative estimate of drug-likeness (QED) is 0.179. The number of hydrogen-bond donors (Lipinski definition) is 5. The van der Waals surface area contributed by atoms with Crippen LogP contribution in [0.15, 0.2) is 0 Å². The minimum absolute atomic E-state index is 0.0161. The van der Waals surface area contributed by atoms with Gasteiger partial charge in [-0.25, -0.2) is 0 Å². The summed E-state index contributed by atoms with van der Waals surface area (Å²) >= 11 is 0. The number of amides is 5. The molecule has 0 radical (unpaired) electrons. The zero-order valence-corrected chi connectivity index (χ0v) is 34.9. The van der Waals surface area contributed by atoms with Crippen LogP contribution in [0.5, 0.6) is 0 Å². The van der Waals surface area contributed by atoms with Crippen molar-refractivity contribution in [3.63, 3.8) is 0 Å². The first-order chi connectivity index (χ1) is 26.0. The van der Waals surface area contributed by atoms with Crippen LogP contribution in [0, 0.1) is 33.5 Å². The number of aliphatic hydroxyl groups excluding tert-OH is 1. The van der Waals surface area contributed by atoms with E-state index < -0.39 is 41.6 Å². The molecule has 6 aliphatic rings. The predicted molar refractivity (Wildman–Crippen MR) is 211 cm³/mol. The Bertz CT molecular complexity index is 1450. The van der Waals surface area contributed by atoms with Gasteiger partial charge < -0.3 is 36.2 Å². The number of nitrogens with one attached hydrogen (secondary N) is 4. The van der Waals surface area contributed by atoms with Crippen molar-refractivity contribution in [2.75, 3.05) is 26.2 Å². The van der Waals surface area contributed by atoms with Crippen molar-refractivity contribution in [2.24, 2.45) is 33.5 Å². The highest BCUT2D eigenvalue weighted by atomic mass is 16.3. The van der Waals surface area contributed by atoms with Crippen LogP contribution in [0.1, 0.15) is 145 Å². The molecule has 2 spiro atoms. The Balaban J connectivity index is 1.24. The van der Waals surface area contributed by atoms with E-state index in [1.807, 2.05) is 27.7 Å². The van der Waals surface area contributed by atoms with E-state index in [2.05, 4.69) is 46.9 Å². The number of carbonyl (C=O) groups excluding carboxylic acids is 5. The van der Waals surface area contributed by atoms with Crippen molar-refractivity contribution in [1.29, 1.82) is 0 Å². The number of carbonyl (C=O) groups is 5. The van der Waals surface area contributed by atoms with E-state index in [0.29, 0.717) is 32.4 Å². The van der Waals surface area contributed by atoms with E-state index in [-0.39, 0.29) is 57.8 Å². The molecule has 0 aromatic heterocycles. The van der Waals surface area contributed by atoms with Gasteiger partial charge in [0.1, 0.15) is 18.1 Å². The summed E-state index contributed by atoms with van der Waals surface area (Å²) in [5, 5.41) is 23.4. The fourth-order valence-electron chi connectivity index (χ4n) is 11.4. The smallest absolute Gasteiger partial charge is 0.251 e. The molecule has 0 bridgehead atoms. The zero-order chi connectivity index (χ0) is 39.9. The molecule has 6 fully saturated rings. The Labute approximate surface area is 329 Å². The van der Waals surface area contributed by atoms with Gasteiger partial charge in [0.2, 0.25) is 23.6 Å². The summed E-state index contributed by atoms with van der Waals surface area (Å²) in [5.74, 6) is -1.75. The third kappa shape index (κ3) is 8.06. The average molecular weight is 769 g/mol. The Morgan fingerprint density at radius 1 is 0.818 bits per heavy atom. The van der Waals surface area contributed by atoms with Gasteiger partial charge in [0.15, 0.2) is 6.10 Å². The SMILES string of the molecule is CCC[C@H](NC(=O)[C@@H]1C[C@@]2(CN1C(=O)C(NC(=O)[C@@H](NC(=O)[C@@H]1CCCN(CC)C1)C1CCCCC1)C(C)(C)C)C(C)(C)C21CCC1)C(O)C(=O)NC1CC1. The molecule has 310 valence electrons. The minimum Gasteiger partial charge on any atom is -0.381 e. The predicted octanol–water partition coefficient (Wildman–Crippen LogP) is 4.04. The molecule has 4 aliphatic carbocycles. The largest absolute Gasteiger partial charge is 0.381 e. The van der Waals surface area contributed by atoms with Crippen LogP contribution >= 0.6 is 0 Å². The monoisotopic (exact) mass is 769 g/mol. The number of aliphatic hydroxyl groups is 1. The second-order valence-corrected chi connectivity index (χ2v) is 19.9. The molecule has 12 heteroatoms. The van der Waals surface area contributed by atoms with E-state index >= 15 is 4.79 Å². The van der Waals surface area contributed by atoms with E-state index in [1.165, 1.54) is 0 Å². The molecule has 0 aromatic rings. The number of fused-ring (bicyclic) bond motifs is 1. The summed E-state index contributed by atoms with van der Waals surface area (Å²) in [4.78, 5) is 74.9. The van der Waals surface area contributed by atoms with Gasteiger partial charge >= 0.3 is 0 Å². The van der Waals surface area contributed by atoms with Crippen molar-refractivity contribution < 1.29 is 29.1 Å². The molecule has 12 nitrogen and oxygen atoms in total. The summed E-state index contributed by atoms with van der Waals surface area (Å²) in [7, 11) is 0. The second kappa shape index (κ2) is 16.3.